The number of unbranched alkanes of at least 4 members (excludes halogenated alkanes) is 9. The summed E-state index contributed by atoms with van der Waals surface area (Å²) >= 11 is 0. The summed E-state index contributed by atoms with van der Waals surface area (Å²) in [7, 11) is 0. The number of Topliss-reactive ketones (excluding diaryl/α,β-unsaturated/α-hetero) is 1. The van der Waals surface area contributed by atoms with Gasteiger partial charge in [-0.3, -0.25) is 9.59 Å². The fourth-order valence-corrected chi connectivity index (χ4v) is 3.39. The Balaban J connectivity index is 4.02. The largest absolute Gasteiger partial charge is 0.465 e. The number of esters is 1. The molecular weight excluding hydrogens is 328 g/mol. The summed E-state index contributed by atoms with van der Waals surface area (Å²) in [6.45, 7) is 9.03. The van der Waals surface area contributed by atoms with E-state index in [0.29, 0.717) is 13.0 Å². The minimum absolute atomic E-state index is 0.267. The second-order valence-electron chi connectivity index (χ2n) is 8.11. The highest BCUT2D eigenvalue weighted by molar-refractivity contribution is 5.92. The quantitative estimate of drug-likeness (QED) is 0.284. The van der Waals surface area contributed by atoms with Crippen molar-refractivity contribution in [3.05, 3.63) is 0 Å². The number of rotatable bonds is 16. The number of carbonyl (C=O) groups excluding carboxylic acids is 2. The smallest absolute Gasteiger partial charge is 0.314 e. The Morgan fingerprint density at radius 3 is 1.69 bits per heavy atom. The Morgan fingerprint density at radius 2 is 1.27 bits per heavy atom. The number of ketones is 1. The van der Waals surface area contributed by atoms with Gasteiger partial charge in [-0.25, -0.2) is 0 Å². The van der Waals surface area contributed by atoms with Crippen molar-refractivity contribution in [2.75, 3.05) is 6.61 Å². The van der Waals surface area contributed by atoms with Crippen LogP contribution < -0.4 is 0 Å². The monoisotopic (exact) mass is 370 g/mol. The molecule has 1 atom stereocenters. The van der Waals surface area contributed by atoms with E-state index in [4.69, 9.17) is 4.74 Å². The van der Waals surface area contributed by atoms with Crippen molar-refractivity contribution in [3.63, 3.8) is 0 Å². The lowest BCUT2D eigenvalue weighted by molar-refractivity contribution is -0.178. The van der Waals surface area contributed by atoms with Crippen molar-refractivity contribution < 1.29 is 19.4 Å². The van der Waals surface area contributed by atoms with E-state index in [1.807, 2.05) is 6.92 Å². The average molecular weight is 371 g/mol. The molecule has 4 nitrogen and oxygen atoms in total. The van der Waals surface area contributed by atoms with E-state index in [9.17, 15) is 14.7 Å². The Labute approximate surface area is 161 Å². The van der Waals surface area contributed by atoms with Gasteiger partial charge >= 0.3 is 5.97 Å². The predicted octanol–water partition coefficient (Wildman–Crippen LogP) is 5.60. The second kappa shape index (κ2) is 13.3. The molecule has 1 unspecified atom stereocenters. The molecule has 0 bridgehead atoms. The zero-order chi connectivity index (χ0) is 20.1. The van der Waals surface area contributed by atoms with Crippen LogP contribution in [0, 0.1) is 5.41 Å². The lowest BCUT2D eigenvalue weighted by Gasteiger charge is -2.38. The molecule has 0 aliphatic heterocycles. The van der Waals surface area contributed by atoms with E-state index < -0.39 is 17.0 Å². The van der Waals surface area contributed by atoms with Crippen LogP contribution in [0.25, 0.3) is 0 Å². The van der Waals surface area contributed by atoms with Gasteiger partial charge in [-0.05, 0) is 33.6 Å². The first-order chi connectivity index (χ1) is 12.2. The van der Waals surface area contributed by atoms with Crippen molar-refractivity contribution in [1.29, 1.82) is 0 Å². The zero-order valence-electron chi connectivity index (χ0n) is 17.9. The van der Waals surface area contributed by atoms with E-state index in [0.717, 1.165) is 12.8 Å². The van der Waals surface area contributed by atoms with E-state index in [-0.39, 0.29) is 12.2 Å². The zero-order valence-corrected chi connectivity index (χ0v) is 17.9. The number of ether oxygens (including phenoxy) is 1. The number of hydrogen-bond acceptors (Lipinski definition) is 4. The van der Waals surface area contributed by atoms with Crippen molar-refractivity contribution >= 4 is 11.8 Å². The molecule has 26 heavy (non-hydrogen) atoms. The molecule has 0 fully saturated rings. The third-order valence-electron chi connectivity index (χ3n) is 5.47. The molecule has 4 heteroatoms. The first-order valence-corrected chi connectivity index (χ1v) is 10.6. The van der Waals surface area contributed by atoms with Crippen molar-refractivity contribution in [1.82, 2.24) is 0 Å². The highest BCUT2D eigenvalue weighted by Gasteiger charge is 2.52. The number of hydrogen-bond donors (Lipinski definition) is 1. The van der Waals surface area contributed by atoms with Gasteiger partial charge in [-0.15, -0.1) is 0 Å². The van der Waals surface area contributed by atoms with Crippen molar-refractivity contribution in [2.45, 2.75) is 117 Å². The molecule has 0 amide bonds. The van der Waals surface area contributed by atoms with E-state index in [1.54, 1.807) is 13.8 Å². The second-order valence-corrected chi connectivity index (χ2v) is 8.11. The van der Waals surface area contributed by atoms with Crippen LogP contribution in [0.15, 0.2) is 0 Å². The van der Waals surface area contributed by atoms with Crippen molar-refractivity contribution in [2.24, 2.45) is 5.41 Å². The summed E-state index contributed by atoms with van der Waals surface area (Å²) in [5, 5.41) is 10.7. The average Bonchev–Trinajstić information content (AvgIpc) is 2.59. The Bertz CT molecular complexity index is 403. The molecule has 154 valence electrons. The van der Waals surface area contributed by atoms with Crippen LogP contribution in [0.3, 0.4) is 0 Å². The van der Waals surface area contributed by atoms with Gasteiger partial charge in [0.05, 0.1) is 12.0 Å². The molecule has 0 heterocycles. The maximum Gasteiger partial charge on any atom is 0.314 e. The van der Waals surface area contributed by atoms with Crippen LogP contribution in [0.2, 0.25) is 0 Å². The van der Waals surface area contributed by atoms with Crippen LogP contribution >= 0.6 is 0 Å². The Kier molecular flexibility index (Phi) is 12.8. The van der Waals surface area contributed by atoms with Crippen LogP contribution in [0.5, 0.6) is 0 Å². The Hall–Kier alpha value is -0.900. The van der Waals surface area contributed by atoms with Gasteiger partial charge in [0.1, 0.15) is 5.60 Å². The lowest BCUT2D eigenvalue weighted by Crippen LogP contribution is -2.55. The minimum atomic E-state index is -1.66. The maximum atomic E-state index is 12.4. The molecule has 0 saturated heterocycles. The molecule has 0 radical (unpaired) electrons. The molecule has 1 N–H and O–H groups in total. The van der Waals surface area contributed by atoms with Crippen molar-refractivity contribution in [3.8, 4) is 0 Å². The molecule has 0 aliphatic rings. The van der Waals surface area contributed by atoms with Crippen LogP contribution in [-0.4, -0.2) is 29.1 Å². The third-order valence-corrected chi connectivity index (χ3v) is 5.47. The molecule has 0 rings (SSSR count). The highest BCUT2D eigenvalue weighted by Crippen LogP contribution is 2.37. The lowest BCUT2D eigenvalue weighted by atomic mass is 9.70. The summed E-state index contributed by atoms with van der Waals surface area (Å²) in [4.78, 5) is 24.3. The van der Waals surface area contributed by atoms with Crippen LogP contribution in [0.1, 0.15) is 112 Å². The summed E-state index contributed by atoms with van der Waals surface area (Å²) < 4.78 is 5.37. The summed E-state index contributed by atoms with van der Waals surface area (Å²) in [6, 6.07) is 0. The fraction of sp³-hybridized carbons (Fsp3) is 0.909. The number of carbonyl (C=O) groups is 2. The van der Waals surface area contributed by atoms with Gasteiger partial charge in [-0.2, -0.15) is 0 Å². The molecule has 0 aromatic rings. The first kappa shape index (κ1) is 25.1. The predicted molar refractivity (Wildman–Crippen MR) is 107 cm³/mol. The van der Waals surface area contributed by atoms with Crippen LogP contribution in [0.4, 0.5) is 0 Å². The van der Waals surface area contributed by atoms with Gasteiger partial charge in [0, 0.05) is 0 Å². The van der Waals surface area contributed by atoms with Crippen LogP contribution in [-0.2, 0) is 14.3 Å². The minimum Gasteiger partial charge on any atom is -0.465 e. The SMILES string of the molecule is CCCCCCCCCCCCOC(=O)C(C)(C)C(O)(CCC)C(C)=O. The third kappa shape index (κ3) is 8.20. The first-order valence-electron chi connectivity index (χ1n) is 10.6. The molecule has 0 saturated carbocycles. The molecule has 0 spiro atoms. The summed E-state index contributed by atoms with van der Waals surface area (Å²) in [5.74, 6) is -0.861. The van der Waals surface area contributed by atoms with Gasteiger partial charge < -0.3 is 9.84 Å². The van der Waals surface area contributed by atoms with Gasteiger partial charge in [0.15, 0.2) is 5.78 Å². The molecule has 0 aliphatic carbocycles. The fourth-order valence-electron chi connectivity index (χ4n) is 3.39. The highest BCUT2D eigenvalue weighted by atomic mass is 16.5. The molecule has 0 aromatic carbocycles. The summed E-state index contributed by atoms with van der Waals surface area (Å²) in [6.07, 6.45) is 13.1. The van der Waals surface area contributed by atoms with E-state index in [2.05, 4.69) is 6.92 Å². The Morgan fingerprint density at radius 1 is 0.808 bits per heavy atom. The topological polar surface area (TPSA) is 63.6 Å². The van der Waals surface area contributed by atoms with E-state index >= 15 is 0 Å². The summed E-state index contributed by atoms with van der Waals surface area (Å²) in [5.41, 5.74) is -2.88. The normalized spacial score (nSPS) is 14.1. The standard InChI is InChI=1S/C22H42O4/c1-6-8-9-10-11-12-13-14-15-16-18-26-20(24)21(4,5)22(25,17-7-2)19(3)23/h25H,6-18H2,1-5H3. The van der Waals surface area contributed by atoms with E-state index in [1.165, 1.54) is 58.3 Å². The maximum absolute atomic E-state index is 12.4. The van der Waals surface area contributed by atoms with Gasteiger partial charge in [0.2, 0.25) is 0 Å². The van der Waals surface area contributed by atoms with Gasteiger partial charge in [-0.1, -0.05) is 78.1 Å². The van der Waals surface area contributed by atoms with Gasteiger partial charge in [0.25, 0.3) is 0 Å². The number of aliphatic hydroxyl groups is 1. The molecular formula is C22H42O4. The molecule has 0 aromatic heterocycles.